The summed E-state index contributed by atoms with van der Waals surface area (Å²) in [5.74, 6) is 3.78. The summed E-state index contributed by atoms with van der Waals surface area (Å²) in [5, 5.41) is 6.75. The Morgan fingerprint density at radius 3 is 2.87 bits per heavy atom. The van der Waals surface area contributed by atoms with Crippen molar-refractivity contribution in [1.82, 2.24) is 5.32 Å². The molecule has 0 aromatic heterocycles. The minimum atomic E-state index is 0.519. The van der Waals surface area contributed by atoms with Gasteiger partial charge in [0.05, 0.1) is 20.3 Å². The predicted molar refractivity (Wildman–Crippen MR) is 125 cm³/mol. The number of methoxy groups -OCH3 is 1. The van der Waals surface area contributed by atoms with Crippen molar-refractivity contribution in [2.24, 2.45) is 10.9 Å². The van der Waals surface area contributed by atoms with Gasteiger partial charge in [-0.2, -0.15) is 0 Å². The van der Waals surface area contributed by atoms with Crippen LogP contribution in [-0.2, 0) is 0 Å². The van der Waals surface area contributed by atoms with Crippen LogP contribution in [0.4, 0.5) is 11.4 Å². The lowest BCUT2D eigenvalue weighted by Crippen LogP contribution is -2.31. The van der Waals surface area contributed by atoms with E-state index in [4.69, 9.17) is 19.2 Å². The van der Waals surface area contributed by atoms with Gasteiger partial charge in [-0.05, 0) is 43.5 Å². The largest absolute Gasteiger partial charge is 0.497 e. The lowest BCUT2D eigenvalue weighted by molar-refractivity contribution is 0.297. The van der Waals surface area contributed by atoms with Crippen molar-refractivity contribution in [2.45, 2.75) is 19.8 Å². The van der Waals surface area contributed by atoms with Gasteiger partial charge in [-0.3, -0.25) is 4.99 Å². The third-order valence-corrected chi connectivity index (χ3v) is 5.57. The summed E-state index contributed by atoms with van der Waals surface area (Å²) in [6, 6.07) is 14.2. The third kappa shape index (κ3) is 5.54. The Balaban J connectivity index is 1.37. The minimum Gasteiger partial charge on any atom is -0.497 e. The van der Waals surface area contributed by atoms with Crippen molar-refractivity contribution in [2.75, 3.05) is 56.7 Å². The molecular formula is C24H32N4O3. The van der Waals surface area contributed by atoms with Crippen molar-refractivity contribution in [3.05, 3.63) is 42.5 Å². The Kier molecular flexibility index (Phi) is 7.02. The number of guanidine groups is 1. The van der Waals surface area contributed by atoms with E-state index in [2.05, 4.69) is 34.6 Å². The molecule has 2 aliphatic heterocycles. The fourth-order valence-electron chi connectivity index (χ4n) is 3.93. The highest BCUT2D eigenvalue weighted by atomic mass is 16.5. The zero-order valence-corrected chi connectivity index (χ0v) is 18.4. The number of rotatable bonds is 6. The quantitative estimate of drug-likeness (QED) is 0.544. The Morgan fingerprint density at radius 1 is 1.16 bits per heavy atom. The highest BCUT2D eigenvalue weighted by molar-refractivity contribution is 5.93. The second kappa shape index (κ2) is 10.3. The van der Waals surface area contributed by atoms with Crippen molar-refractivity contribution in [3.63, 3.8) is 0 Å². The van der Waals surface area contributed by atoms with E-state index in [-0.39, 0.29) is 0 Å². The molecule has 7 nitrogen and oxygen atoms in total. The predicted octanol–water partition coefficient (Wildman–Crippen LogP) is 3.76. The molecular weight excluding hydrogens is 392 g/mol. The van der Waals surface area contributed by atoms with E-state index in [1.165, 1.54) is 5.69 Å². The summed E-state index contributed by atoms with van der Waals surface area (Å²) in [5.41, 5.74) is 2.15. The lowest BCUT2D eigenvalue weighted by Gasteiger charge is -2.19. The summed E-state index contributed by atoms with van der Waals surface area (Å²) in [6.45, 7) is 7.07. The van der Waals surface area contributed by atoms with E-state index in [9.17, 15) is 0 Å². The van der Waals surface area contributed by atoms with Crippen LogP contribution >= 0.6 is 0 Å². The summed E-state index contributed by atoms with van der Waals surface area (Å²) >= 11 is 0. The van der Waals surface area contributed by atoms with Crippen LogP contribution in [0.25, 0.3) is 0 Å². The molecule has 4 rings (SSSR count). The smallest absolute Gasteiger partial charge is 0.195 e. The Bertz CT molecular complexity index is 902. The average molecular weight is 425 g/mol. The molecule has 2 aromatic rings. The Labute approximate surface area is 184 Å². The van der Waals surface area contributed by atoms with Crippen molar-refractivity contribution >= 4 is 17.3 Å². The number of benzene rings is 2. The van der Waals surface area contributed by atoms with Crippen molar-refractivity contribution in [1.29, 1.82) is 0 Å². The van der Waals surface area contributed by atoms with Gasteiger partial charge in [0.25, 0.3) is 0 Å². The first-order chi connectivity index (χ1) is 15.2. The summed E-state index contributed by atoms with van der Waals surface area (Å²) in [7, 11) is 1.71. The minimum absolute atomic E-state index is 0.519. The first-order valence-electron chi connectivity index (χ1n) is 11.1. The molecule has 0 spiro atoms. The van der Waals surface area contributed by atoms with Crippen LogP contribution in [0, 0.1) is 5.92 Å². The molecule has 7 heteroatoms. The molecule has 0 aliphatic carbocycles. The molecule has 2 N–H and O–H groups in total. The number of aliphatic imine (C=N–C) groups is 1. The molecule has 166 valence electrons. The SMILES string of the molecule is CCNC(=NCC1CCN(c2cccc(OC)c2)C1)Nc1ccc2c(c1)OCCCO2. The van der Waals surface area contributed by atoms with E-state index in [0.717, 1.165) is 67.9 Å². The number of hydrogen-bond acceptors (Lipinski definition) is 5. The number of hydrogen-bond donors (Lipinski definition) is 2. The van der Waals surface area contributed by atoms with Gasteiger partial charge in [0.1, 0.15) is 5.75 Å². The van der Waals surface area contributed by atoms with Gasteiger partial charge < -0.3 is 29.7 Å². The van der Waals surface area contributed by atoms with Gasteiger partial charge in [-0.1, -0.05) is 6.07 Å². The van der Waals surface area contributed by atoms with Crippen LogP contribution < -0.4 is 29.7 Å². The second-order valence-electron chi connectivity index (χ2n) is 7.86. The van der Waals surface area contributed by atoms with Gasteiger partial charge in [0.2, 0.25) is 0 Å². The molecule has 2 aliphatic rings. The van der Waals surface area contributed by atoms with E-state index < -0.39 is 0 Å². The van der Waals surface area contributed by atoms with E-state index in [1.807, 2.05) is 30.3 Å². The molecule has 1 fully saturated rings. The number of fused-ring (bicyclic) bond motifs is 1. The second-order valence-corrected chi connectivity index (χ2v) is 7.86. The van der Waals surface area contributed by atoms with Crippen LogP contribution in [0.15, 0.2) is 47.5 Å². The van der Waals surface area contributed by atoms with Crippen LogP contribution in [0.2, 0.25) is 0 Å². The number of ether oxygens (including phenoxy) is 3. The molecule has 1 atom stereocenters. The maximum absolute atomic E-state index is 5.80. The van der Waals surface area contributed by atoms with Gasteiger partial charge in [-0.25, -0.2) is 0 Å². The maximum Gasteiger partial charge on any atom is 0.195 e. The molecule has 31 heavy (non-hydrogen) atoms. The molecule has 0 bridgehead atoms. The fraction of sp³-hybridized carbons (Fsp3) is 0.458. The zero-order valence-electron chi connectivity index (χ0n) is 18.4. The first-order valence-corrected chi connectivity index (χ1v) is 11.1. The summed E-state index contributed by atoms with van der Waals surface area (Å²) in [6.07, 6.45) is 2.03. The zero-order chi connectivity index (χ0) is 21.5. The van der Waals surface area contributed by atoms with Crippen molar-refractivity contribution < 1.29 is 14.2 Å². The molecule has 0 saturated carbocycles. The summed E-state index contributed by atoms with van der Waals surface area (Å²) in [4.78, 5) is 7.26. The lowest BCUT2D eigenvalue weighted by atomic mass is 10.1. The van der Waals surface area contributed by atoms with Crippen molar-refractivity contribution in [3.8, 4) is 17.2 Å². The number of nitrogens with zero attached hydrogens (tertiary/aromatic N) is 2. The first kappa shape index (κ1) is 21.2. The maximum atomic E-state index is 5.80. The molecule has 2 heterocycles. The average Bonchev–Trinajstić information content (AvgIpc) is 3.15. The third-order valence-electron chi connectivity index (χ3n) is 5.57. The van der Waals surface area contributed by atoms with Gasteiger partial charge in [0, 0.05) is 56.1 Å². The monoisotopic (exact) mass is 424 g/mol. The Hall–Kier alpha value is -3.09. The Morgan fingerprint density at radius 2 is 2.03 bits per heavy atom. The van der Waals surface area contributed by atoms with Gasteiger partial charge >= 0.3 is 0 Å². The van der Waals surface area contributed by atoms with E-state index in [0.29, 0.717) is 19.1 Å². The van der Waals surface area contributed by atoms with Crippen LogP contribution in [0.5, 0.6) is 17.2 Å². The molecule has 0 radical (unpaired) electrons. The topological polar surface area (TPSA) is 67.4 Å². The highest BCUT2D eigenvalue weighted by Gasteiger charge is 2.23. The van der Waals surface area contributed by atoms with E-state index >= 15 is 0 Å². The normalized spacial score (nSPS) is 18.5. The molecule has 1 unspecified atom stereocenters. The summed E-state index contributed by atoms with van der Waals surface area (Å²) < 4.78 is 16.9. The fourth-order valence-corrected chi connectivity index (χ4v) is 3.93. The highest BCUT2D eigenvalue weighted by Crippen LogP contribution is 2.32. The van der Waals surface area contributed by atoms with Gasteiger partial charge in [-0.15, -0.1) is 0 Å². The molecule has 2 aromatic carbocycles. The van der Waals surface area contributed by atoms with Crippen LogP contribution in [-0.4, -0.2) is 52.5 Å². The van der Waals surface area contributed by atoms with E-state index in [1.54, 1.807) is 7.11 Å². The van der Waals surface area contributed by atoms with Crippen LogP contribution in [0.1, 0.15) is 19.8 Å². The molecule has 0 amide bonds. The van der Waals surface area contributed by atoms with Gasteiger partial charge in [0.15, 0.2) is 17.5 Å². The number of nitrogens with one attached hydrogen (secondary N) is 2. The molecule has 1 saturated heterocycles. The standard InChI is InChI=1S/C24H32N4O3/c1-3-25-24(27-19-8-9-22-23(14-19)31-13-5-12-30-22)26-16-18-10-11-28(17-18)20-6-4-7-21(15-20)29-2/h4,6-9,14-15,18H,3,5,10-13,16-17H2,1-2H3,(H2,25,26,27). The number of anilines is 2. The van der Waals surface area contributed by atoms with Crippen LogP contribution in [0.3, 0.4) is 0 Å².